The minimum absolute atomic E-state index is 0.000724. The van der Waals surface area contributed by atoms with E-state index < -0.39 is 9.84 Å². The van der Waals surface area contributed by atoms with Gasteiger partial charge in [-0.25, -0.2) is 8.42 Å². The molecule has 1 aromatic heterocycles. The second-order valence-electron chi connectivity index (χ2n) is 3.84. The van der Waals surface area contributed by atoms with Crippen LogP contribution in [0.4, 0.5) is 0 Å². The van der Waals surface area contributed by atoms with Gasteiger partial charge in [-0.1, -0.05) is 40.9 Å². The van der Waals surface area contributed by atoms with Crippen LogP contribution in [-0.2, 0) is 9.84 Å². The number of rotatable bonds is 6. The molecule has 0 spiro atoms. The van der Waals surface area contributed by atoms with Gasteiger partial charge in [-0.05, 0) is 24.5 Å². The van der Waals surface area contributed by atoms with Gasteiger partial charge in [-0.2, -0.15) is 5.26 Å². The first-order chi connectivity index (χ1) is 10.0. The normalized spacial score (nSPS) is 11.2. The highest BCUT2D eigenvalue weighted by atomic mass is 32.2. The quantitative estimate of drug-likeness (QED) is 0.735. The highest BCUT2D eigenvalue weighted by molar-refractivity contribution is 8.03. The molecule has 0 fully saturated rings. The van der Waals surface area contributed by atoms with Gasteiger partial charge in [0.05, 0.1) is 22.3 Å². The molecule has 1 heterocycles. The molecular weight excluding hydrogens is 346 g/mol. The van der Waals surface area contributed by atoms with E-state index in [1.165, 1.54) is 47.0 Å². The zero-order chi connectivity index (χ0) is 15.3. The standard InChI is InChI=1S/C12H11N3O2S4/c1-18-11-14-15-12(20-11)19-5-6-21(16,17)10-4-2-3-9(7-10)8-13/h2-4,7H,5-6H2,1H3. The molecule has 0 saturated heterocycles. The number of sulfone groups is 1. The van der Waals surface area contributed by atoms with Gasteiger partial charge in [0.1, 0.15) is 0 Å². The van der Waals surface area contributed by atoms with Gasteiger partial charge >= 0.3 is 0 Å². The average Bonchev–Trinajstić information content (AvgIpc) is 2.95. The average molecular weight is 358 g/mol. The molecule has 0 unspecified atom stereocenters. The minimum Gasteiger partial charge on any atom is -0.224 e. The maximum absolute atomic E-state index is 12.2. The molecule has 0 N–H and O–H groups in total. The van der Waals surface area contributed by atoms with Crippen LogP contribution in [0.25, 0.3) is 0 Å². The Morgan fingerprint density at radius 1 is 1.33 bits per heavy atom. The van der Waals surface area contributed by atoms with Crippen molar-refractivity contribution in [2.24, 2.45) is 0 Å². The summed E-state index contributed by atoms with van der Waals surface area (Å²) in [6.45, 7) is 0. The van der Waals surface area contributed by atoms with E-state index in [0.29, 0.717) is 11.3 Å². The Kier molecular flexibility index (Phi) is 5.64. The summed E-state index contributed by atoms with van der Waals surface area (Å²) in [5.74, 6) is 0.406. The highest BCUT2D eigenvalue weighted by Gasteiger charge is 2.15. The largest absolute Gasteiger partial charge is 0.224 e. The maximum Gasteiger partial charge on any atom is 0.179 e. The molecule has 110 valence electrons. The molecule has 0 atom stereocenters. The van der Waals surface area contributed by atoms with Crippen LogP contribution in [0.1, 0.15) is 5.56 Å². The predicted molar refractivity (Wildman–Crippen MR) is 85.6 cm³/mol. The van der Waals surface area contributed by atoms with Crippen LogP contribution < -0.4 is 0 Å². The third-order valence-electron chi connectivity index (χ3n) is 2.46. The molecule has 0 aliphatic rings. The van der Waals surface area contributed by atoms with E-state index in [2.05, 4.69) is 10.2 Å². The fourth-order valence-electron chi connectivity index (χ4n) is 1.45. The van der Waals surface area contributed by atoms with Crippen LogP contribution in [0.5, 0.6) is 0 Å². The lowest BCUT2D eigenvalue weighted by Gasteiger charge is -2.03. The van der Waals surface area contributed by atoms with Gasteiger partial charge in [0, 0.05) is 5.75 Å². The third-order valence-corrected chi connectivity index (χ3v) is 7.47. The molecule has 9 heteroatoms. The Bertz CT molecular complexity index is 765. The van der Waals surface area contributed by atoms with E-state index in [-0.39, 0.29) is 10.6 Å². The number of nitrogens with zero attached hydrogens (tertiary/aromatic N) is 3. The summed E-state index contributed by atoms with van der Waals surface area (Å²) in [4.78, 5) is 0.184. The fraction of sp³-hybridized carbons (Fsp3) is 0.250. The van der Waals surface area contributed by atoms with Crippen molar-refractivity contribution in [3.63, 3.8) is 0 Å². The Hall–Kier alpha value is -1.08. The van der Waals surface area contributed by atoms with Crippen molar-refractivity contribution in [1.29, 1.82) is 5.26 Å². The summed E-state index contributed by atoms with van der Waals surface area (Å²) < 4.78 is 26.0. The van der Waals surface area contributed by atoms with E-state index in [1.54, 1.807) is 12.1 Å². The molecule has 0 aliphatic heterocycles. The molecule has 0 saturated carbocycles. The maximum atomic E-state index is 12.2. The number of hydrogen-bond donors (Lipinski definition) is 0. The lowest BCUT2D eigenvalue weighted by molar-refractivity contribution is 0.597. The van der Waals surface area contributed by atoms with Crippen LogP contribution in [0, 0.1) is 11.3 Å². The summed E-state index contributed by atoms with van der Waals surface area (Å²) in [6.07, 6.45) is 1.92. The minimum atomic E-state index is -3.38. The molecule has 21 heavy (non-hydrogen) atoms. The van der Waals surface area contributed by atoms with Gasteiger partial charge < -0.3 is 0 Å². The first kappa shape index (κ1) is 16.3. The second-order valence-corrected chi connectivity index (χ2v) is 9.33. The van der Waals surface area contributed by atoms with Crippen molar-refractivity contribution in [2.75, 3.05) is 17.8 Å². The summed E-state index contributed by atoms with van der Waals surface area (Å²) in [7, 11) is -3.38. The second kappa shape index (κ2) is 7.26. The van der Waals surface area contributed by atoms with E-state index in [0.717, 1.165) is 8.68 Å². The first-order valence-electron chi connectivity index (χ1n) is 5.78. The van der Waals surface area contributed by atoms with Crippen molar-refractivity contribution < 1.29 is 8.42 Å². The first-order valence-corrected chi connectivity index (χ1v) is 10.5. The zero-order valence-corrected chi connectivity index (χ0v) is 14.3. The lowest BCUT2D eigenvalue weighted by Crippen LogP contribution is -2.09. The number of hydrogen-bond acceptors (Lipinski definition) is 8. The van der Waals surface area contributed by atoms with E-state index in [9.17, 15) is 8.42 Å². The van der Waals surface area contributed by atoms with Crippen LogP contribution in [-0.4, -0.2) is 36.4 Å². The topological polar surface area (TPSA) is 83.7 Å². The van der Waals surface area contributed by atoms with Gasteiger partial charge in [0.2, 0.25) is 0 Å². The molecule has 5 nitrogen and oxygen atoms in total. The molecule has 2 rings (SSSR count). The van der Waals surface area contributed by atoms with E-state index >= 15 is 0 Å². The van der Waals surface area contributed by atoms with Crippen LogP contribution in [0.2, 0.25) is 0 Å². The highest BCUT2D eigenvalue weighted by Crippen LogP contribution is 2.27. The molecule has 1 aromatic carbocycles. The lowest BCUT2D eigenvalue weighted by atomic mass is 10.2. The van der Waals surface area contributed by atoms with E-state index in [4.69, 9.17) is 5.26 Å². The number of benzene rings is 1. The summed E-state index contributed by atoms with van der Waals surface area (Å²) in [5, 5.41) is 16.7. The Morgan fingerprint density at radius 2 is 2.10 bits per heavy atom. The van der Waals surface area contributed by atoms with Gasteiger partial charge in [0.25, 0.3) is 0 Å². The Labute approximate surface area is 135 Å². The number of aromatic nitrogens is 2. The zero-order valence-electron chi connectivity index (χ0n) is 11.0. The smallest absolute Gasteiger partial charge is 0.179 e. The van der Waals surface area contributed by atoms with Gasteiger partial charge in [-0.15, -0.1) is 10.2 Å². The summed E-state index contributed by atoms with van der Waals surface area (Å²) >= 11 is 4.34. The summed E-state index contributed by atoms with van der Waals surface area (Å²) in [6, 6.07) is 8.01. The molecule has 0 amide bonds. The van der Waals surface area contributed by atoms with Gasteiger partial charge in [-0.3, -0.25) is 0 Å². The Balaban J connectivity index is 1.99. The van der Waals surface area contributed by atoms with Crippen molar-refractivity contribution >= 4 is 44.7 Å². The van der Waals surface area contributed by atoms with Crippen molar-refractivity contribution in [3.05, 3.63) is 29.8 Å². The van der Waals surface area contributed by atoms with Crippen LogP contribution >= 0.6 is 34.9 Å². The Morgan fingerprint density at radius 3 is 2.76 bits per heavy atom. The molecule has 2 aromatic rings. The fourth-order valence-corrected chi connectivity index (χ4v) is 5.65. The predicted octanol–water partition coefficient (Wildman–Crippen LogP) is 2.70. The van der Waals surface area contributed by atoms with Crippen molar-refractivity contribution in [3.8, 4) is 6.07 Å². The van der Waals surface area contributed by atoms with Gasteiger partial charge in [0.15, 0.2) is 18.5 Å². The number of nitriles is 1. The van der Waals surface area contributed by atoms with E-state index in [1.807, 2.05) is 12.3 Å². The molecular formula is C12H11N3O2S4. The number of thioether (sulfide) groups is 2. The monoisotopic (exact) mass is 357 g/mol. The van der Waals surface area contributed by atoms with Crippen molar-refractivity contribution in [2.45, 2.75) is 13.6 Å². The molecule has 0 radical (unpaired) electrons. The summed E-state index contributed by atoms with van der Waals surface area (Å²) in [5.41, 5.74) is 0.345. The third kappa shape index (κ3) is 4.44. The van der Waals surface area contributed by atoms with Crippen LogP contribution in [0.3, 0.4) is 0 Å². The van der Waals surface area contributed by atoms with Crippen molar-refractivity contribution in [1.82, 2.24) is 10.2 Å². The molecule has 0 bridgehead atoms. The SMILES string of the molecule is CSc1nnc(SCCS(=O)(=O)c2cccc(C#N)c2)s1. The molecule has 0 aliphatic carbocycles. The van der Waals surface area contributed by atoms with Crippen LogP contribution in [0.15, 0.2) is 37.8 Å².